The van der Waals surface area contributed by atoms with E-state index in [4.69, 9.17) is 5.11 Å². The summed E-state index contributed by atoms with van der Waals surface area (Å²) in [7, 11) is 0. The molecule has 0 bridgehead atoms. The molecule has 3 heterocycles. The van der Waals surface area contributed by atoms with Gasteiger partial charge in [-0.05, 0) is 30.9 Å². The van der Waals surface area contributed by atoms with Crippen LogP contribution in [0.1, 0.15) is 18.5 Å². The Kier molecular flexibility index (Phi) is 3.69. The van der Waals surface area contributed by atoms with Crippen molar-refractivity contribution in [1.82, 2.24) is 14.3 Å². The smallest absolute Gasteiger partial charge is 0.228 e. The molecule has 106 valence electrons. The van der Waals surface area contributed by atoms with E-state index in [0.717, 1.165) is 37.3 Å². The summed E-state index contributed by atoms with van der Waals surface area (Å²) in [6, 6.07) is 5.81. The highest BCUT2D eigenvalue weighted by atomic mass is 16.3. The Labute approximate surface area is 117 Å². The molecule has 0 aliphatic carbocycles. The van der Waals surface area contributed by atoms with E-state index in [9.17, 15) is 4.79 Å². The van der Waals surface area contributed by atoms with Crippen molar-refractivity contribution in [2.75, 3.05) is 19.7 Å². The first-order valence-corrected chi connectivity index (χ1v) is 7.07. The number of carbonyl (C=O) groups is 1. The number of aliphatic hydroxyl groups is 1. The lowest BCUT2D eigenvalue weighted by Crippen LogP contribution is -2.40. The summed E-state index contributed by atoms with van der Waals surface area (Å²) in [4.78, 5) is 18.6. The van der Waals surface area contributed by atoms with E-state index in [1.165, 1.54) is 0 Å². The molecule has 1 amide bonds. The molecule has 0 unspecified atom stereocenters. The van der Waals surface area contributed by atoms with Crippen molar-refractivity contribution in [3.05, 3.63) is 36.3 Å². The summed E-state index contributed by atoms with van der Waals surface area (Å²) in [5.41, 5.74) is 1.68. The van der Waals surface area contributed by atoms with Gasteiger partial charge in [0.25, 0.3) is 0 Å². The third-order valence-corrected chi connectivity index (χ3v) is 3.97. The first-order valence-electron chi connectivity index (χ1n) is 7.07. The van der Waals surface area contributed by atoms with Crippen molar-refractivity contribution in [2.24, 2.45) is 5.92 Å². The molecule has 2 aromatic rings. The van der Waals surface area contributed by atoms with Gasteiger partial charge in [0.05, 0.1) is 12.1 Å². The molecule has 0 spiro atoms. The molecule has 3 rings (SSSR count). The Morgan fingerprint density at radius 2 is 2.15 bits per heavy atom. The van der Waals surface area contributed by atoms with Crippen molar-refractivity contribution in [1.29, 1.82) is 0 Å². The normalized spacial score (nSPS) is 16.8. The van der Waals surface area contributed by atoms with Crippen LogP contribution >= 0.6 is 0 Å². The van der Waals surface area contributed by atoms with Gasteiger partial charge in [-0.15, -0.1) is 0 Å². The number of rotatable bonds is 3. The predicted octanol–water partition coefficient (Wildman–Crippen LogP) is 1.11. The summed E-state index contributed by atoms with van der Waals surface area (Å²) in [6.45, 7) is 1.73. The van der Waals surface area contributed by atoms with Crippen molar-refractivity contribution < 1.29 is 9.90 Å². The molecule has 0 radical (unpaired) electrons. The fourth-order valence-electron chi connectivity index (χ4n) is 2.70. The largest absolute Gasteiger partial charge is 0.396 e. The first kappa shape index (κ1) is 13.1. The number of aromatic nitrogens is 2. The molecule has 0 atom stereocenters. The molecule has 1 saturated heterocycles. The third kappa shape index (κ3) is 2.67. The van der Waals surface area contributed by atoms with Gasteiger partial charge in [-0.25, -0.2) is 4.98 Å². The van der Waals surface area contributed by atoms with E-state index in [1.54, 1.807) is 0 Å². The van der Waals surface area contributed by atoms with E-state index >= 15 is 0 Å². The number of imidazole rings is 1. The molecule has 0 aromatic carbocycles. The number of pyridine rings is 1. The van der Waals surface area contributed by atoms with Crippen molar-refractivity contribution >= 4 is 11.6 Å². The minimum Gasteiger partial charge on any atom is -0.396 e. The number of hydrogen-bond acceptors (Lipinski definition) is 3. The Bertz CT molecular complexity index is 567. The fraction of sp³-hybridized carbons (Fsp3) is 0.467. The van der Waals surface area contributed by atoms with Crippen LogP contribution in [0, 0.1) is 5.92 Å². The van der Waals surface area contributed by atoms with Crippen molar-refractivity contribution in [2.45, 2.75) is 19.3 Å². The monoisotopic (exact) mass is 273 g/mol. The van der Waals surface area contributed by atoms with Crippen LogP contribution in [-0.2, 0) is 11.2 Å². The minimum absolute atomic E-state index is 0.129. The topological polar surface area (TPSA) is 57.8 Å². The number of fused-ring (bicyclic) bond motifs is 1. The van der Waals surface area contributed by atoms with Gasteiger partial charge in [0, 0.05) is 32.1 Å². The van der Waals surface area contributed by atoms with E-state index in [-0.39, 0.29) is 12.5 Å². The molecule has 1 N–H and O–H groups in total. The number of hydrogen-bond donors (Lipinski definition) is 1. The molecule has 0 saturated carbocycles. The lowest BCUT2D eigenvalue weighted by atomic mass is 9.97. The van der Waals surface area contributed by atoms with Gasteiger partial charge >= 0.3 is 0 Å². The Hall–Kier alpha value is -1.88. The zero-order chi connectivity index (χ0) is 13.9. The number of aliphatic hydroxyl groups excluding tert-OH is 1. The average Bonchev–Trinajstić information content (AvgIpc) is 2.89. The van der Waals surface area contributed by atoms with Crippen LogP contribution in [0.3, 0.4) is 0 Å². The Balaban J connectivity index is 1.64. The second-order valence-electron chi connectivity index (χ2n) is 5.38. The quantitative estimate of drug-likeness (QED) is 0.911. The van der Waals surface area contributed by atoms with Gasteiger partial charge in [0.2, 0.25) is 5.91 Å². The van der Waals surface area contributed by atoms with E-state index < -0.39 is 0 Å². The van der Waals surface area contributed by atoms with Crippen LogP contribution in [0.4, 0.5) is 0 Å². The molecule has 5 heteroatoms. The summed E-state index contributed by atoms with van der Waals surface area (Å²) < 4.78 is 1.93. The van der Waals surface area contributed by atoms with E-state index in [2.05, 4.69) is 4.98 Å². The number of carbonyl (C=O) groups excluding carboxylic acids is 1. The zero-order valence-electron chi connectivity index (χ0n) is 11.4. The number of amides is 1. The summed E-state index contributed by atoms with van der Waals surface area (Å²) in [6.07, 6.45) is 5.99. The van der Waals surface area contributed by atoms with Gasteiger partial charge in [0.15, 0.2) is 0 Å². The maximum atomic E-state index is 12.3. The van der Waals surface area contributed by atoms with Crippen LogP contribution in [0.25, 0.3) is 5.65 Å². The van der Waals surface area contributed by atoms with Gasteiger partial charge in [-0.2, -0.15) is 0 Å². The Morgan fingerprint density at radius 1 is 1.35 bits per heavy atom. The predicted molar refractivity (Wildman–Crippen MR) is 75.3 cm³/mol. The Morgan fingerprint density at radius 3 is 2.85 bits per heavy atom. The number of nitrogens with zero attached hydrogens (tertiary/aromatic N) is 3. The lowest BCUT2D eigenvalue weighted by molar-refractivity contribution is -0.132. The average molecular weight is 273 g/mol. The van der Waals surface area contributed by atoms with Gasteiger partial charge in [0.1, 0.15) is 5.65 Å². The summed E-state index contributed by atoms with van der Waals surface area (Å²) >= 11 is 0. The molecule has 1 fully saturated rings. The molecular weight excluding hydrogens is 254 g/mol. The summed E-state index contributed by atoms with van der Waals surface area (Å²) in [5, 5.41) is 9.12. The molecular formula is C15H19N3O2. The van der Waals surface area contributed by atoms with Crippen LogP contribution in [0.2, 0.25) is 0 Å². The highest BCUT2D eigenvalue weighted by Gasteiger charge is 2.22. The highest BCUT2D eigenvalue weighted by Crippen LogP contribution is 2.17. The third-order valence-electron chi connectivity index (χ3n) is 3.97. The fourth-order valence-corrected chi connectivity index (χ4v) is 2.70. The number of piperidine rings is 1. The van der Waals surface area contributed by atoms with Crippen molar-refractivity contribution in [3.63, 3.8) is 0 Å². The number of likely N-dealkylation sites (tertiary alicyclic amines) is 1. The SMILES string of the molecule is O=C(Cc1cn2ccccc2n1)N1CCC(CO)CC1. The van der Waals surface area contributed by atoms with Crippen LogP contribution in [0.5, 0.6) is 0 Å². The zero-order valence-corrected chi connectivity index (χ0v) is 11.4. The van der Waals surface area contributed by atoms with E-state index in [0.29, 0.717) is 12.3 Å². The van der Waals surface area contributed by atoms with Crippen LogP contribution < -0.4 is 0 Å². The molecule has 20 heavy (non-hydrogen) atoms. The van der Waals surface area contributed by atoms with E-state index in [1.807, 2.05) is 39.9 Å². The van der Waals surface area contributed by atoms with Crippen molar-refractivity contribution in [3.8, 4) is 0 Å². The second-order valence-corrected chi connectivity index (χ2v) is 5.38. The molecule has 1 aliphatic rings. The molecule has 5 nitrogen and oxygen atoms in total. The minimum atomic E-state index is 0.129. The van der Waals surface area contributed by atoms with Crippen LogP contribution in [0.15, 0.2) is 30.6 Å². The standard InChI is InChI=1S/C15H19N3O2/c19-11-12-4-7-17(8-5-12)15(20)9-13-10-18-6-2-1-3-14(18)16-13/h1-3,6,10,12,19H,4-5,7-9,11H2. The summed E-state index contributed by atoms with van der Waals surface area (Å²) in [5.74, 6) is 0.485. The maximum absolute atomic E-state index is 12.3. The second kappa shape index (κ2) is 5.63. The molecule has 1 aliphatic heterocycles. The molecule has 2 aromatic heterocycles. The van der Waals surface area contributed by atoms with Gasteiger partial charge in [-0.1, -0.05) is 6.07 Å². The highest BCUT2D eigenvalue weighted by molar-refractivity contribution is 5.78. The first-order chi connectivity index (χ1) is 9.76. The van der Waals surface area contributed by atoms with Gasteiger partial charge in [-0.3, -0.25) is 4.79 Å². The lowest BCUT2D eigenvalue weighted by Gasteiger charge is -2.31. The maximum Gasteiger partial charge on any atom is 0.228 e. The van der Waals surface area contributed by atoms with Crippen LogP contribution in [-0.4, -0.2) is 45.0 Å². The van der Waals surface area contributed by atoms with Gasteiger partial charge < -0.3 is 14.4 Å².